The van der Waals surface area contributed by atoms with Gasteiger partial charge in [0.25, 0.3) is 0 Å². The molecule has 0 N–H and O–H groups in total. The van der Waals surface area contributed by atoms with Crippen LogP contribution in [0, 0.1) is 11.8 Å². The summed E-state index contributed by atoms with van der Waals surface area (Å²) in [4.78, 5) is 38.9. The molecule has 5 nitrogen and oxygen atoms in total. The normalized spacial score (nSPS) is 23.7. The van der Waals surface area contributed by atoms with Gasteiger partial charge in [0.1, 0.15) is 0 Å². The summed E-state index contributed by atoms with van der Waals surface area (Å²) in [7, 11) is 0. The first kappa shape index (κ1) is 17.6. The monoisotopic (exact) mass is 343 g/mol. The molecule has 2 aliphatic rings. The number of para-hydroxylation sites is 1. The summed E-state index contributed by atoms with van der Waals surface area (Å²) < 4.78 is 5.30. The van der Waals surface area contributed by atoms with Crippen LogP contribution in [0.5, 0.6) is 0 Å². The van der Waals surface area contributed by atoms with Crippen molar-refractivity contribution >= 4 is 23.3 Å². The number of carbonyl (C=O) groups is 3. The van der Waals surface area contributed by atoms with Crippen molar-refractivity contribution in [3.05, 3.63) is 29.8 Å². The molecule has 1 heterocycles. The number of ketones is 1. The van der Waals surface area contributed by atoms with E-state index in [0.29, 0.717) is 19.4 Å². The van der Waals surface area contributed by atoms with Crippen LogP contribution in [0.15, 0.2) is 24.3 Å². The number of Topliss-reactive ketones (excluding diaryl/α,β-unsaturated/α-hetero) is 1. The summed E-state index contributed by atoms with van der Waals surface area (Å²) in [6, 6.07) is 7.93. The molecule has 1 saturated carbocycles. The Bertz CT molecular complexity index is 684. The topological polar surface area (TPSA) is 63.7 Å². The third-order valence-corrected chi connectivity index (χ3v) is 5.40. The summed E-state index contributed by atoms with van der Waals surface area (Å²) in [5.74, 6) is -1.38. The second-order valence-electron chi connectivity index (χ2n) is 7.06. The first-order valence-corrected chi connectivity index (χ1v) is 9.09. The van der Waals surface area contributed by atoms with E-state index in [0.717, 1.165) is 24.9 Å². The molecule has 3 unspecified atom stereocenters. The van der Waals surface area contributed by atoms with Gasteiger partial charge in [0.2, 0.25) is 5.91 Å². The summed E-state index contributed by atoms with van der Waals surface area (Å²) in [6.45, 7) is 3.65. The molecular formula is C20H25NO4. The molecule has 3 rings (SSSR count). The summed E-state index contributed by atoms with van der Waals surface area (Å²) in [5, 5.41) is 0. The average molecular weight is 343 g/mol. The van der Waals surface area contributed by atoms with Gasteiger partial charge in [-0.25, -0.2) is 0 Å². The Morgan fingerprint density at radius 2 is 1.80 bits per heavy atom. The van der Waals surface area contributed by atoms with Gasteiger partial charge < -0.3 is 9.64 Å². The number of amides is 1. The molecule has 0 saturated heterocycles. The zero-order valence-electron chi connectivity index (χ0n) is 14.9. The molecule has 1 amide bonds. The molecule has 0 spiro atoms. The van der Waals surface area contributed by atoms with E-state index in [1.165, 1.54) is 12.5 Å². The van der Waals surface area contributed by atoms with Gasteiger partial charge in [-0.1, -0.05) is 31.0 Å². The zero-order valence-corrected chi connectivity index (χ0v) is 14.9. The van der Waals surface area contributed by atoms with Gasteiger partial charge in [-0.15, -0.1) is 0 Å². The van der Waals surface area contributed by atoms with Crippen molar-refractivity contribution in [2.45, 2.75) is 52.1 Å². The Labute approximate surface area is 148 Å². The number of fused-ring (bicyclic) bond motifs is 1. The molecule has 1 aromatic rings. The van der Waals surface area contributed by atoms with E-state index in [4.69, 9.17) is 4.74 Å². The number of carbonyl (C=O) groups excluding carboxylic acids is 3. The minimum atomic E-state index is -0.752. The van der Waals surface area contributed by atoms with Crippen molar-refractivity contribution in [1.29, 1.82) is 0 Å². The smallest absolute Gasteiger partial charge is 0.310 e. The van der Waals surface area contributed by atoms with Crippen LogP contribution in [0.2, 0.25) is 0 Å². The Morgan fingerprint density at radius 1 is 1.12 bits per heavy atom. The molecule has 1 aromatic carbocycles. The summed E-state index contributed by atoms with van der Waals surface area (Å²) in [6.07, 6.45) is 3.30. The second kappa shape index (κ2) is 7.38. The van der Waals surface area contributed by atoms with Crippen LogP contribution in [0.1, 0.15) is 45.1 Å². The van der Waals surface area contributed by atoms with E-state index in [1.807, 2.05) is 29.2 Å². The largest absolute Gasteiger partial charge is 0.454 e. The third-order valence-electron chi connectivity index (χ3n) is 5.40. The lowest BCUT2D eigenvalue weighted by molar-refractivity contribution is -0.161. The standard InChI is InChI=1S/C20H25NO4/c1-13(22)14(2)25-20(24)17-9-5-4-8-16(17)19(23)21-12-11-15-7-3-6-10-18(15)21/h3,6-7,10,14,16-17H,4-5,8-9,11-12H2,1-2H3. The Kier molecular flexibility index (Phi) is 5.21. The lowest BCUT2D eigenvalue weighted by Gasteiger charge is -2.32. The maximum absolute atomic E-state index is 13.1. The highest BCUT2D eigenvalue weighted by atomic mass is 16.5. The van der Waals surface area contributed by atoms with Crippen molar-refractivity contribution < 1.29 is 19.1 Å². The highest BCUT2D eigenvalue weighted by Crippen LogP contribution is 2.36. The fourth-order valence-corrected chi connectivity index (χ4v) is 3.82. The average Bonchev–Trinajstić information content (AvgIpc) is 3.05. The fourth-order valence-electron chi connectivity index (χ4n) is 3.82. The predicted octanol–water partition coefficient (Wildman–Crippen LogP) is 2.90. The molecule has 134 valence electrons. The number of hydrogen-bond acceptors (Lipinski definition) is 4. The zero-order chi connectivity index (χ0) is 18.0. The van der Waals surface area contributed by atoms with Crippen LogP contribution in [-0.2, 0) is 25.5 Å². The molecule has 5 heteroatoms. The minimum Gasteiger partial charge on any atom is -0.454 e. The van der Waals surface area contributed by atoms with Crippen molar-refractivity contribution in [2.75, 3.05) is 11.4 Å². The van der Waals surface area contributed by atoms with E-state index in [9.17, 15) is 14.4 Å². The number of benzene rings is 1. The Balaban J connectivity index is 1.76. The van der Waals surface area contributed by atoms with Crippen LogP contribution < -0.4 is 4.90 Å². The number of ether oxygens (including phenoxy) is 1. The SMILES string of the molecule is CC(=O)C(C)OC(=O)C1CCCCC1C(=O)N1CCc2ccccc21. The number of hydrogen-bond donors (Lipinski definition) is 0. The highest BCUT2D eigenvalue weighted by Gasteiger charge is 2.41. The van der Waals surface area contributed by atoms with Crippen molar-refractivity contribution in [3.8, 4) is 0 Å². The lowest BCUT2D eigenvalue weighted by atomic mass is 9.78. The summed E-state index contributed by atoms with van der Waals surface area (Å²) in [5.41, 5.74) is 2.14. The number of esters is 1. The fraction of sp³-hybridized carbons (Fsp3) is 0.550. The molecule has 25 heavy (non-hydrogen) atoms. The van der Waals surface area contributed by atoms with E-state index in [2.05, 4.69) is 0 Å². The van der Waals surface area contributed by atoms with E-state index >= 15 is 0 Å². The number of nitrogens with zero attached hydrogens (tertiary/aromatic N) is 1. The van der Waals surface area contributed by atoms with Gasteiger partial charge in [0.15, 0.2) is 11.9 Å². The van der Waals surface area contributed by atoms with Crippen molar-refractivity contribution in [1.82, 2.24) is 0 Å². The first-order valence-electron chi connectivity index (χ1n) is 9.09. The van der Waals surface area contributed by atoms with Crippen LogP contribution in [-0.4, -0.2) is 30.3 Å². The minimum absolute atomic E-state index is 0.0158. The van der Waals surface area contributed by atoms with Crippen LogP contribution in [0.3, 0.4) is 0 Å². The second-order valence-corrected chi connectivity index (χ2v) is 7.06. The van der Waals surface area contributed by atoms with Crippen LogP contribution in [0.25, 0.3) is 0 Å². The lowest BCUT2D eigenvalue weighted by Crippen LogP contribution is -2.43. The predicted molar refractivity (Wildman–Crippen MR) is 94.2 cm³/mol. The third kappa shape index (κ3) is 3.60. The van der Waals surface area contributed by atoms with Gasteiger partial charge in [-0.2, -0.15) is 0 Å². The van der Waals surface area contributed by atoms with Gasteiger partial charge >= 0.3 is 5.97 Å². The molecule has 1 fully saturated rings. The molecule has 0 radical (unpaired) electrons. The van der Waals surface area contributed by atoms with Crippen LogP contribution in [0.4, 0.5) is 5.69 Å². The van der Waals surface area contributed by atoms with Gasteiger partial charge in [-0.3, -0.25) is 14.4 Å². The van der Waals surface area contributed by atoms with E-state index in [-0.39, 0.29) is 17.6 Å². The highest BCUT2D eigenvalue weighted by molar-refractivity contribution is 5.99. The molecule has 1 aliphatic carbocycles. The first-order chi connectivity index (χ1) is 12.0. The van der Waals surface area contributed by atoms with E-state index in [1.54, 1.807) is 6.92 Å². The number of rotatable bonds is 4. The molecule has 0 aromatic heterocycles. The summed E-state index contributed by atoms with van der Waals surface area (Å²) >= 11 is 0. The van der Waals surface area contributed by atoms with Crippen LogP contribution >= 0.6 is 0 Å². The molecule has 3 atom stereocenters. The quantitative estimate of drug-likeness (QED) is 0.789. The maximum Gasteiger partial charge on any atom is 0.310 e. The Hall–Kier alpha value is -2.17. The van der Waals surface area contributed by atoms with Gasteiger partial charge in [0, 0.05) is 12.2 Å². The number of anilines is 1. The van der Waals surface area contributed by atoms with Gasteiger partial charge in [0.05, 0.1) is 11.8 Å². The molecular weight excluding hydrogens is 318 g/mol. The Morgan fingerprint density at radius 3 is 2.52 bits per heavy atom. The van der Waals surface area contributed by atoms with E-state index < -0.39 is 18.0 Å². The van der Waals surface area contributed by atoms with Crippen molar-refractivity contribution in [3.63, 3.8) is 0 Å². The van der Waals surface area contributed by atoms with Crippen molar-refractivity contribution in [2.24, 2.45) is 11.8 Å². The molecule has 1 aliphatic heterocycles. The van der Waals surface area contributed by atoms with Gasteiger partial charge in [-0.05, 0) is 44.7 Å². The maximum atomic E-state index is 13.1. The molecule has 0 bridgehead atoms.